The number of carbonyl (C=O) groups excluding carboxylic acids is 1. The van der Waals surface area contributed by atoms with Gasteiger partial charge in [-0.25, -0.2) is 8.42 Å². The highest BCUT2D eigenvalue weighted by molar-refractivity contribution is 7.92. The van der Waals surface area contributed by atoms with Crippen molar-refractivity contribution in [1.29, 1.82) is 0 Å². The summed E-state index contributed by atoms with van der Waals surface area (Å²) in [6.07, 6.45) is 1.50. The fourth-order valence-corrected chi connectivity index (χ4v) is 5.43. The number of nitrogens with one attached hydrogen (secondary N) is 2. The van der Waals surface area contributed by atoms with E-state index in [-0.39, 0.29) is 21.8 Å². The molecule has 1 aliphatic rings. The van der Waals surface area contributed by atoms with Gasteiger partial charge in [-0.05, 0) is 67.8 Å². The molecule has 2 N–H and O–H groups in total. The Bertz CT molecular complexity index is 1270. The zero-order valence-electron chi connectivity index (χ0n) is 18.9. The van der Waals surface area contributed by atoms with E-state index in [2.05, 4.69) is 10.0 Å². The van der Waals surface area contributed by atoms with Crippen molar-refractivity contribution in [3.8, 4) is 0 Å². The van der Waals surface area contributed by atoms with Crippen LogP contribution in [0.1, 0.15) is 34.3 Å². The zero-order chi connectivity index (χ0) is 24.2. The Labute approximate surface area is 205 Å². The second-order valence-corrected chi connectivity index (χ2v) is 10.7. The first-order valence-electron chi connectivity index (χ1n) is 11.1. The van der Waals surface area contributed by atoms with E-state index >= 15 is 0 Å². The first-order chi connectivity index (χ1) is 16.3. The summed E-state index contributed by atoms with van der Waals surface area (Å²) < 4.78 is 33.8. The predicted molar refractivity (Wildman–Crippen MR) is 134 cm³/mol. The van der Waals surface area contributed by atoms with E-state index in [4.69, 9.17) is 16.3 Å². The SMILES string of the molecule is Cc1ccc(NS(=O)(=O)c2cccc(C(=O)NCC3(c4cccc(Cl)c4)CCOCC3)c2)cc1. The van der Waals surface area contributed by atoms with E-state index in [9.17, 15) is 13.2 Å². The van der Waals surface area contributed by atoms with Gasteiger partial charge >= 0.3 is 0 Å². The number of benzene rings is 3. The third kappa shape index (κ3) is 5.60. The number of anilines is 1. The molecule has 0 bridgehead atoms. The van der Waals surface area contributed by atoms with Crippen molar-refractivity contribution in [1.82, 2.24) is 5.32 Å². The molecule has 1 fully saturated rings. The number of aryl methyl sites for hydroxylation is 1. The number of carbonyl (C=O) groups is 1. The van der Waals surface area contributed by atoms with Crippen LogP contribution in [0.4, 0.5) is 5.69 Å². The number of hydrogen-bond donors (Lipinski definition) is 2. The molecule has 0 saturated carbocycles. The maximum Gasteiger partial charge on any atom is 0.261 e. The van der Waals surface area contributed by atoms with Crippen LogP contribution in [0.25, 0.3) is 0 Å². The van der Waals surface area contributed by atoms with Crippen LogP contribution in [-0.2, 0) is 20.2 Å². The van der Waals surface area contributed by atoms with Gasteiger partial charge in [-0.2, -0.15) is 0 Å². The van der Waals surface area contributed by atoms with Crippen molar-refractivity contribution in [3.05, 3.63) is 94.5 Å². The maximum atomic E-state index is 13.0. The normalized spacial score (nSPS) is 15.5. The van der Waals surface area contributed by atoms with E-state index in [0.29, 0.717) is 30.5 Å². The molecule has 34 heavy (non-hydrogen) atoms. The van der Waals surface area contributed by atoms with Crippen LogP contribution in [0.2, 0.25) is 5.02 Å². The first-order valence-corrected chi connectivity index (χ1v) is 13.0. The lowest BCUT2D eigenvalue weighted by atomic mass is 9.74. The zero-order valence-corrected chi connectivity index (χ0v) is 20.5. The quantitative estimate of drug-likeness (QED) is 0.484. The summed E-state index contributed by atoms with van der Waals surface area (Å²) in [5, 5.41) is 3.66. The molecular weight excluding hydrogens is 472 g/mol. The molecule has 1 saturated heterocycles. The molecule has 3 aromatic rings. The highest BCUT2D eigenvalue weighted by Gasteiger charge is 2.35. The van der Waals surface area contributed by atoms with Gasteiger partial charge < -0.3 is 10.1 Å². The molecule has 0 aliphatic carbocycles. The molecule has 8 heteroatoms. The topological polar surface area (TPSA) is 84.5 Å². The fraction of sp³-hybridized carbons (Fsp3) is 0.269. The van der Waals surface area contributed by atoms with Gasteiger partial charge in [0.25, 0.3) is 15.9 Å². The first kappa shape index (κ1) is 24.3. The molecule has 1 aliphatic heterocycles. The van der Waals surface area contributed by atoms with Gasteiger partial charge in [0, 0.05) is 41.4 Å². The van der Waals surface area contributed by atoms with Crippen LogP contribution >= 0.6 is 11.6 Å². The summed E-state index contributed by atoms with van der Waals surface area (Å²) in [7, 11) is -3.84. The van der Waals surface area contributed by atoms with Crippen LogP contribution in [0.15, 0.2) is 77.7 Å². The lowest BCUT2D eigenvalue weighted by Gasteiger charge is -2.38. The molecular formula is C26H27ClN2O4S. The number of amides is 1. The molecule has 1 amide bonds. The third-order valence-electron chi connectivity index (χ3n) is 6.18. The Morgan fingerprint density at radius 3 is 2.41 bits per heavy atom. The Hall–Kier alpha value is -2.87. The van der Waals surface area contributed by atoms with Crippen molar-refractivity contribution in [2.45, 2.75) is 30.1 Å². The van der Waals surface area contributed by atoms with E-state index < -0.39 is 10.0 Å². The minimum atomic E-state index is -3.84. The molecule has 0 unspecified atom stereocenters. The van der Waals surface area contributed by atoms with Gasteiger partial charge in [0.05, 0.1) is 4.90 Å². The maximum absolute atomic E-state index is 13.0. The van der Waals surface area contributed by atoms with Gasteiger partial charge in [-0.3, -0.25) is 9.52 Å². The lowest BCUT2D eigenvalue weighted by Crippen LogP contribution is -2.44. The van der Waals surface area contributed by atoms with Crippen LogP contribution in [-0.4, -0.2) is 34.1 Å². The second kappa shape index (κ2) is 10.2. The molecule has 6 nitrogen and oxygen atoms in total. The lowest BCUT2D eigenvalue weighted by molar-refractivity contribution is 0.0487. The fourth-order valence-electron chi connectivity index (χ4n) is 4.14. The summed E-state index contributed by atoms with van der Waals surface area (Å²) in [5.74, 6) is -0.333. The third-order valence-corrected chi connectivity index (χ3v) is 7.80. The van der Waals surface area contributed by atoms with Gasteiger partial charge in [-0.15, -0.1) is 0 Å². The van der Waals surface area contributed by atoms with Gasteiger partial charge in [-0.1, -0.05) is 47.5 Å². The largest absolute Gasteiger partial charge is 0.381 e. The van der Waals surface area contributed by atoms with Crippen LogP contribution in [0, 0.1) is 6.92 Å². The highest BCUT2D eigenvalue weighted by atomic mass is 35.5. The van der Waals surface area contributed by atoms with Gasteiger partial charge in [0.15, 0.2) is 0 Å². The van der Waals surface area contributed by atoms with Crippen molar-refractivity contribution >= 4 is 33.2 Å². The van der Waals surface area contributed by atoms with E-state index in [1.807, 2.05) is 43.3 Å². The standard InChI is InChI=1S/C26H27ClN2O4S/c1-19-8-10-23(11-9-19)29-34(31,32)24-7-2-4-20(16-24)25(30)28-18-26(12-14-33-15-13-26)21-5-3-6-22(27)17-21/h2-11,16-17,29H,12-15,18H2,1H3,(H,28,30). The van der Waals surface area contributed by atoms with Crippen LogP contribution in [0.5, 0.6) is 0 Å². The number of hydrogen-bond acceptors (Lipinski definition) is 4. The van der Waals surface area contributed by atoms with E-state index in [1.54, 1.807) is 24.3 Å². The summed E-state index contributed by atoms with van der Waals surface area (Å²) in [4.78, 5) is 13.0. The smallest absolute Gasteiger partial charge is 0.261 e. The van der Waals surface area contributed by atoms with Crippen molar-refractivity contribution in [3.63, 3.8) is 0 Å². The Morgan fingerprint density at radius 2 is 1.71 bits per heavy atom. The monoisotopic (exact) mass is 498 g/mol. The van der Waals surface area contributed by atoms with Crippen LogP contribution < -0.4 is 10.0 Å². The molecule has 0 radical (unpaired) electrons. The van der Waals surface area contributed by atoms with Crippen molar-refractivity contribution < 1.29 is 17.9 Å². The minimum Gasteiger partial charge on any atom is -0.381 e. The number of halogens is 1. The van der Waals surface area contributed by atoms with Crippen LogP contribution in [0.3, 0.4) is 0 Å². The molecule has 3 aromatic carbocycles. The van der Waals surface area contributed by atoms with Gasteiger partial charge in [0.1, 0.15) is 0 Å². The summed E-state index contributed by atoms with van der Waals surface area (Å²) in [5.41, 5.74) is 2.53. The van der Waals surface area contributed by atoms with Gasteiger partial charge in [0.2, 0.25) is 0 Å². The summed E-state index contributed by atoms with van der Waals surface area (Å²) >= 11 is 6.23. The summed E-state index contributed by atoms with van der Waals surface area (Å²) in [6.45, 7) is 3.52. The summed E-state index contributed by atoms with van der Waals surface area (Å²) in [6, 6.07) is 20.8. The molecule has 178 valence electrons. The van der Waals surface area contributed by atoms with E-state index in [0.717, 1.165) is 24.0 Å². The Morgan fingerprint density at radius 1 is 1.00 bits per heavy atom. The molecule has 0 aromatic heterocycles. The number of sulfonamides is 1. The minimum absolute atomic E-state index is 0.0244. The second-order valence-electron chi connectivity index (χ2n) is 8.59. The molecule has 4 rings (SSSR count). The van der Waals surface area contributed by atoms with Crippen molar-refractivity contribution in [2.24, 2.45) is 0 Å². The Kier molecular flexibility index (Phi) is 7.26. The number of rotatable bonds is 7. The molecule has 1 heterocycles. The van der Waals surface area contributed by atoms with E-state index in [1.165, 1.54) is 12.1 Å². The molecule has 0 spiro atoms. The highest BCUT2D eigenvalue weighted by Crippen LogP contribution is 2.35. The average molecular weight is 499 g/mol. The Balaban J connectivity index is 1.51. The van der Waals surface area contributed by atoms with Crippen molar-refractivity contribution in [2.75, 3.05) is 24.5 Å². The average Bonchev–Trinajstić information content (AvgIpc) is 2.84. The molecule has 0 atom stereocenters. The number of ether oxygens (including phenoxy) is 1. The predicted octanol–water partition coefficient (Wildman–Crippen LogP) is 4.93.